The van der Waals surface area contributed by atoms with Gasteiger partial charge in [-0.1, -0.05) is 26.0 Å². The molecule has 7 heteroatoms. The Morgan fingerprint density at radius 1 is 1.16 bits per heavy atom. The van der Waals surface area contributed by atoms with Crippen LogP contribution < -0.4 is 5.32 Å². The molecule has 0 bridgehead atoms. The van der Waals surface area contributed by atoms with Gasteiger partial charge in [-0.3, -0.25) is 4.79 Å². The van der Waals surface area contributed by atoms with E-state index >= 15 is 0 Å². The van der Waals surface area contributed by atoms with Crippen molar-refractivity contribution in [3.63, 3.8) is 0 Å². The molecule has 0 aliphatic rings. The van der Waals surface area contributed by atoms with Crippen LogP contribution in [0.3, 0.4) is 0 Å². The summed E-state index contributed by atoms with van der Waals surface area (Å²) in [4.78, 5) is 9.39. The predicted octanol–water partition coefficient (Wildman–Crippen LogP) is 4.27. The van der Waals surface area contributed by atoms with E-state index in [-0.39, 0.29) is 5.92 Å². The van der Waals surface area contributed by atoms with Crippen LogP contribution in [-0.4, -0.2) is 6.41 Å². The first-order chi connectivity index (χ1) is 8.47. The lowest BCUT2D eigenvalue weighted by Crippen LogP contribution is -2.43. The molecule has 0 aromatic heterocycles. The van der Waals surface area contributed by atoms with E-state index in [1.54, 1.807) is 6.92 Å². The number of hydrogen-bond acceptors (Lipinski definition) is 1. The molecule has 0 aliphatic heterocycles. The van der Waals surface area contributed by atoms with E-state index in [4.69, 9.17) is 0 Å². The second-order valence-electron chi connectivity index (χ2n) is 4.89. The third-order valence-corrected chi connectivity index (χ3v) is 4.45. The Morgan fingerprint density at radius 2 is 1.63 bits per heavy atom. The highest BCUT2D eigenvalue weighted by atomic mass is 32.4. The van der Waals surface area contributed by atoms with Crippen LogP contribution in [0.5, 0.6) is 0 Å². The van der Waals surface area contributed by atoms with Gasteiger partial charge in [0.2, 0.25) is 6.41 Å². The highest BCUT2D eigenvalue weighted by molar-refractivity contribution is 8.33. The lowest BCUT2D eigenvalue weighted by molar-refractivity contribution is -0.111. The number of halogens is 4. The third-order valence-electron chi connectivity index (χ3n) is 3.37. The molecule has 0 saturated heterocycles. The lowest BCUT2D eigenvalue weighted by Gasteiger charge is -2.35. The van der Waals surface area contributed by atoms with E-state index in [9.17, 15) is 20.3 Å². The molecule has 19 heavy (non-hydrogen) atoms. The Morgan fingerprint density at radius 3 is 1.95 bits per heavy atom. The Labute approximate surface area is 110 Å². The largest absolute Gasteiger partial charge is 0.349 e. The molecule has 1 amide bonds. The van der Waals surface area contributed by atoms with Gasteiger partial charge in [0.15, 0.2) is 10.7 Å². The SMILES string of the molecule is CC(C)C(C)(NC=O)c1ccc([SH](F)(F)(F)F)cc1. The summed E-state index contributed by atoms with van der Waals surface area (Å²) >= 11 is 0. The molecule has 110 valence electrons. The first kappa shape index (κ1) is 15.8. The second-order valence-corrected chi connectivity index (χ2v) is 6.85. The van der Waals surface area contributed by atoms with Crippen LogP contribution in [0.1, 0.15) is 26.3 Å². The molecule has 0 heterocycles. The molecule has 1 rings (SSSR count). The number of carbonyl (C=O) groups excluding carboxylic acids is 1. The average Bonchev–Trinajstić information content (AvgIpc) is 2.27. The highest BCUT2D eigenvalue weighted by Crippen LogP contribution is 2.81. The summed E-state index contributed by atoms with van der Waals surface area (Å²) in [7, 11) is -7.72. The third kappa shape index (κ3) is 3.40. The molecule has 1 aromatic carbocycles. The summed E-state index contributed by atoms with van der Waals surface area (Å²) in [6.45, 7) is 5.37. The van der Waals surface area contributed by atoms with Crippen molar-refractivity contribution in [2.75, 3.05) is 0 Å². The Hall–Kier alpha value is -1.24. The molecule has 0 radical (unpaired) electrons. The molecule has 2 nitrogen and oxygen atoms in total. The summed E-state index contributed by atoms with van der Waals surface area (Å²) in [6, 6.07) is 3.84. The first-order valence-corrected chi connectivity index (χ1v) is 7.49. The Kier molecular flexibility index (Phi) is 3.91. The number of hydrogen-bond donors (Lipinski definition) is 2. The second kappa shape index (κ2) is 4.70. The minimum atomic E-state index is -7.72. The van der Waals surface area contributed by atoms with Crippen LogP contribution in [-0.2, 0) is 10.3 Å². The monoisotopic (exact) mass is 299 g/mol. The van der Waals surface area contributed by atoms with Gasteiger partial charge in [-0.05, 0) is 30.5 Å². The van der Waals surface area contributed by atoms with Gasteiger partial charge in [0.05, 0.1) is 10.4 Å². The van der Waals surface area contributed by atoms with Crippen molar-refractivity contribution in [2.24, 2.45) is 5.92 Å². The number of benzene rings is 1. The zero-order valence-electron chi connectivity index (χ0n) is 10.8. The van der Waals surface area contributed by atoms with Gasteiger partial charge < -0.3 is 5.32 Å². The molecule has 1 unspecified atom stereocenters. The zero-order chi connectivity index (χ0) is 14.9. The van der Waals surface area contributed by atoms with Crippen molar-refractivity contribution in [2.45, 2.75) is 31.2 Å². The maximum atomic E-state index is 12.6. The minimum Gasteiger partial charge on any atom is -0.349 e. The van der Waals surface area contributed by atoms with E-state index in [0.29, 0.717) is 12.0 Å². The standard InChI is InChI=1S/C12H17F4NOS/c1-9(2)12(3,17-8-18)10-4-6-11(7-5-10)19(13,14,15)16/h4-9,19H,1-3H3,(H,17,18). The number of thiol groups is 1. The van der Waals surface area contributed by atoms with Gasteiger partial charge in [-0.15, -0.1) is 15.5 Å². The maximum absolute atomic E-state index is 12.6. The zero-order valence-corrected chi connectivity index (χ0v) is 11.7. The minimum absolute atomic E-state index is 0.0368. The summed E-state index contributed by atoms with van der Waals surface area (Å²) in [6.07, 6.45) is 0.503. The fraction of sp³-hybridized carbons (Fsp3) is 0.417. The summed E-state index contributed by atoms with van der Waals surface area (Å²) < 4.78 is 50.4. The van der Waals surface area contributed by atoms with E-state index in [1.807, 2.05) is 13.8 Å². The molecular formula is C12H17F4NOS. The maximum Gasteiger partial charge on any atom is 0.207 e. The lowest BCUT2D eigenvalue weighted by atomic mass is 9.82. The van der Waals surface area contributed by atoms with E-state index in [1.165, 1.54) is 12.1 Å². The van der Waals surface area contributed by atoms with Gasteiger partial charge in [-0.2, -0.15) is 0 Å². The summed E-state index contributed by atoms with van der Waals surface area (Å²) in [5, 5.41) is 2.60. The van der Waals surface area contributed by atoms with Gasteiger partial charge >= 0.3 is 0 Å². The van der Waals surface area contributed by atoms with Crippen molar-refractivity contribution in [3.05, 3.63) is 29.8 Å². The topological polar surface area (TPSA) is 29.1 Å². The molecule has 0 fully saturated rings. The van der Waals surface area contributed by atoms with Crippen LogP contribution in [0, 0.1) is 5.92 Å². The van der Waals surface area contributed by atoms with Gasteiger partial charge in [0, 0.05) is 0 Å². The van der Waals surface area contributed by atoms with Crippen molar-refractivity contribution in [3.8, 4) is 0 Å². The van der Waals surface area contributed by atoms with Crippen LogP contribution in [0.15, 0.2) is 29.2 Å². The fourth-order valence-electron chi connectivity index (χ4n) is 1.74. The fourth-order valence-corrected chi connectivity index (χ4v) is 2.34. The van der Waals surface area contributed by atoms with E-state index < -0.39 is 21.1 Å². The highest BCUT2D eigenvalue weighted by Gasteiger charge is 2.40. The smallest absolute Gasteiger partial charge is 0.207 e. The molecule has 0 saturated carbocycles. The number of nitrogens with one attached hydrogen (secondary N) is 1. The predicted molar refractivity (Wildman–Crippen MR) is 69.5 cm³/mol. The number of rotatable bonds is 5. The van der Waals surface area contributed by atoms with Crippen molar-refractivity contribution >= 4 is 17.1 Å². The van der Waals surface area contributed by atoms with Crippen molar-refractivity contribution in [1.29, 1.82) is 0 Å². The van der Waals surface area contributed by atoms with E-state index in [0.717, 1.165) is 12.1 Å². The van der Waals surface area contributed by atoms with Gasteiger partial charge in [0.25, 0.3) is 0 Å². The molecular weight excluding hydrogens is 282 g/mol. The van der Waals surface area contributed by atoms with Gasteiger partial charge in [0.1, 0.15) is 0 Å². The van der Waals surface area contributed by atoms with Crippen LogP contribution >= 0.6 is 10.7 Å². The molecule has 1 N–H and O–H groups in total. The number of carbonyl (C=O) groups is 1. The van der Waals surface area contributed by atoms with Crippen LogP contribution in [0.4, 0.5) is 15.5 Å². The van der Waals surface area contributed by atoms with Crippen LogP contribution in [0.25, 0.3) is 0 Å². The van der Waals surface area contributed by atoms with Crippen molar-refractivity contribution in [1.82, 2.24) is 5.32 Å². The average molecular weight is 299 g/mol. The van der Waals surface area contributed by atoms with E-state index in [2.05, 4.69) is 5.32 Å². The van der Waals surface area contributed by atoms with Crippen molar-refractivity contribution < 1.29 is 20.3 Å². The normalized spacial score (nSPS) is 17.4. The number of amides is 1. The molecule has 1 aromatic rings. The van der Waals surface area contributed by atoms with Gasteiger partial charge in [-0.25, -0.2) is 0 Å². The summed E-state index contributed by atoms with van der Waals surface area (Å²) in [5.41, 5.74) is -0.297. The molecule has 0 aliphatic carbocycles. The van der Waals surface area contributed by atoms with Crippen LogP contribution in [0.2, 0.25) is 0 Å². The summed E-state index contributed by atoms with van der Waals surface area (Å²) in [5.74, 6) is -0.0368. The first-order valence-electron chi connectivity index (χ1n) is 5.69. The Bertz CT molecular complexity index is 460. The molecule has 1 atom stereocenters. The quantitative estimate of drug-likeness (QED) is 0.474. The Balaban J connectivity index is 3.21. The molecule has 0 spiro atoms.